The zero-order valence-corrected chi connectivity index (χ0v) is 22.6. The molecule has 0 aliphatic carbocycles. The standard InChI is InChI=1S/C29H23BrFNO7/c1-3-4-11-38-29(36)15-5-8-18(9-6-15)32-24(16-12-20(30)26(34)22(13-16)37-2)23-25(33)19-14-17(31)7-10-21(19)39-27(23)28(32)35/h5-10,12-14,24,34H,3-4,11H2,1-2H3. The van der Waals surface area contributed by atoms with E-state index in [0.29, 0.717) is 23.4 Å². The first-order valence-corrected chi connectivity index (χ1v) is 13.0. The van der Waals surface area contributed by atoms with Gasteiger partial charge in [-0.05, 0) is 82.5 Å². The van der Waals surface area contributed by atoms with E-state index in [1.165, 1.54) is 36.3 Å². The Hall–Kier alpha value is -4.18. The number of methoxy groups -OCH3 is 1. The highest BCUT2D eigenvalue weighted by Gasteiger charge is 2.44. The minimum absolute atomic E-state index is 0.0108. The number of amides is 1. The zero-order chi connectivity index (χ0) is 27.8. The third-order valence-electron chi connectivity index (χ3n) is 6.53. The molecular formula is C29H23BrFNO7. The molecule has 5 rings (SSSR count). The predicted octanol–water partition coefficient (Wildman–Crippen LogP) is 6.12. The molecule has 3 aromatic carbocycles. The van der Waals surface area contributed by atoms with E-state index in [1.54, 1.807) is 18.2 Å². The molecule has 0 fully saturated rings. The van der Waals surface area contributed by atoms with Crippen molar-refractivity contribution in [1.29, 1.82) is 0 Å². The lowest BCUT2D eigenvalue weighted by Crippen LogP contribution is -2.29. The Kier molecular flexibility index (Phi) is 7.14. The molecule has 10 heteroatoms. The summed E-state index contributed by atoms with van der Waals surface area (Å²) in [7, 11) is 1.37. The van der Waals surface area contributed by atoms with Crippen LogP contribution < -0.4 is 15.1 Å². The van der Waals surface area contributed by atoms with Crippen LogP contribution in [0.1, 0.15) is 57.8 Å². The summed E-state index contributed by atoms with van der Waals surface area (Å²) >= 11 is 3.30. The van der Waals surface area contributed by atoms with Gasteiger partial charge in [0.2, 0.25) is 5.76 Å². The van der Waals surface area contributed by atoms with Gasteiger partial charge in [0, 0.05) is 5.69 Å². The van der Waals surface area contributed by atoms with Gasteiger partial charge < -0.3 is 19.0 Å². The summed E-state index contributed by atoms with van der Waals surface area (Å²) in [6.45, 7) is 2.30. The lowest BCUT2D eigenvalue weighted by Gasteiger charge is -2.26. The average molecular weight is 596 g/mol. The first-order chi connectivity index (χ1) is 18.7. The summed E-state index contributed by atoms with van der Waals surface area (Å²) in [5.74, 6) is -1.93. The first kappa shape index (κ1) is 26.4. The van der Waals surface area contributed by atoms with Crippen LogP contribution in [0.2, 0.25) is 0 Å². The Bertz CT molecular complexity index is 1670. The molecule has 1 unspecified atom stereocenters. The number of carbonyl (C=O) groups is 2. The number of benzene rings is 3. The number of aromatic hydroxyl groups is 1. The Labute approximate surface area is 230 Å². The number of fused-ring (bicyclic) bond motifs is 2. The number of rotatable bonds is 7. The van der Waals surface area contributed by atoms with Gasteiger partial charge in [-0.25, -0.2) is 9.18 Å². The van der Waals surface area contributed by atoms with Crippen molar-refractivity contribution in [3.05, 3.63) is 97.6 Å². The molecular weight excluding hydrogens is 573 g/mol. The van der Waals surface area contributed by atoms with Crippen LogP contribution in [0.4, 0.5) is 10.1 Å². The molecule has 1 amide bonds. The van der Waals surface area contributed by atoms with Crippen molar-refractivity contribution in [3.63, 3.8) is 0 Å². The maximum absolute atomic E-state index is 14.1. The van der Waals surface area contributed by atoms with E-state index in [1.807, 2.05) is 6.92 Å². The van der Waals surface area contributed by atoms with Crippen LogP contribution in [-0.4, -0.2) is 30.7 Å². The minimum Gasteiger partial charge on any atom is -0.503 e. The van der Waals surface area contributed by atoms with E-state index in [4.69, 9.17) is 13.9 Å². The molecule has 1 aromatic heterocycles. The lowest BCUT2D eigenvalue weighted by molar-refractivity contribution is 0.0499. The molecule has 1 atom stereocenters. The van der Waals surface area contributed by atoms with E-state index in [0.717, 1.165) is 25.0 Å². The number of hydrogen-bond acceptors (Lipinski definition) is 7. The van der Waals surface area contributed by atoms with Gasteiger partial charge in [-0.1, -0.05) is 13.3 Å². The van der Waals surface area contributed by atoms with Crippen molar-refractivity contribution in [2.45, 2.75) is 25.8 Å². The first-order valence-electron chi connectivity index (χ1n) is 12.2. The third-order valence-corrected chi connectivity index (χ3v) is 7.14. The van der Waals surface area contributed by atoms with E-state index in [2.05, 4.69) is 15.9 Å². The molecule has 1 aliphatic rings. The third kappa shape index (κ3) is 4.65. The summed E-state index contributed by atoms with van der Waals surface area (Å²) in [6, 6.07) is 11.8. The highest BCUT2D eigenvalue weighted by atomic mass is 79.9. The molecule has 0 saturated carbocycles. The largest absolute Gasteiger partial charge is 0.503 e. The Balaban J connectivity index is 1.67. The van der Waals surface area contributed by atoms with Crippen molar-refractivity contribution >= 4 is 44.5 Å². The molecule has 0 spiro atoms. The van der Waals surface area contributed by atoms with E-state index in [9.17, 15) is 23.9 Å². The quantitative estimate of drug-likeness (QED) is 0.203. The average Bonchev–Trinajstić information content (AvgIpc) is 3.23. The summed E-state index contributed by atoms with van der Waals surface area (Å²) in [6.07, 6.45) is 1.63. The van der Waals surface area contributed by atoms with Gasteiger partial charge in [-0.2, -0.15) is 0 Å². The van der Waals surface area contributed by atoms with E-state index < -0.39 is 29.2 Å². The van der Waals surface area contributed by atoms with Crippen molar-refractivity contribution in [1.82, 2.24) is 0 Å². The van der Waals surface area contributed by atoms with Crippen molar-refractivity contribution in [3.8, 4) is 11.5 Å². The van der Waals surface area contributed by atoms with Crippen molar-refractivity contribution < 1.29 is 33.0 Å². The molecule has 39 heavy (non-hydrogen) atoms. The smallest absolute Gasteiger partial charge is 0.338 e. The SMILES string of the molecule is CCCCOC(=O)c1ccc(N2C(=O)c3oc4ccc(F)cc4c(=O)c3C2c2cc(Br)c(O)c(OC)c2)cc1. The number of ether oxygens (including phenoxy) is 2. The number of hydrogen-bond donors (Lipinski definition) is 1. The van der Waals surface area contributed by atoms with Gasteiger partial charge in [-0.3, -0.25) is 14.5 Å². The van der Waals surface area contributed by atoms with Crippen LogP contribution >= 0.6 is 15.9 Å². The lowest BCUT2D eigenvalue weighted by atomic mass is 9.97. The Morgan fingerprint density at radius 2 is 1.87 bits per heavy atom. The summed E-state index contributed by atoms with van der Waals surface area (Å²) in [4.78, 5) is 41.2. The van der Waals surface area contributed by atoms with Crippen molar-refractivity contribution in [2.75, 3.05) is 18.6 Å². The number of unbranched alkanes of at least 4 members (excludes halogenated alkanes) is 1. The number of carbonyl (C=O) groups excluding carboxylic acids is 2. The number of phenols is 1. The van der Waals surface area contributed by atoms with Gasteiger partial charge in [0.15, 0.2) is 16.9 Å². The number of halogens is 2. The van der Waals surface area contributed by atoms with Crippen LogP contribution in [0.15, 0.2) is 68.3 Å². The molecule has 0 saturated heterocycles. The second kappa shape index (κ2) is 10.5. The maximum atomic E-state index is 14.1. The summed E-state index contributed by atoms with van der Waals surface area (Å²) in [5, 5.41) is 10.4. The van der Waals surface area contributed by atoms with Gasteiger partial charge >= 0.3 is 5.97 Å². The van der Waals surface area contributed by atoms with Gasteiger partial charge in [-0.15, -0.1) is 0 Å². The molecule has 1 aliphatic heterocycles. The number of nitrogens with zero attached hydrogens (tertiary/aromatic N) is 1. The van der Waals surface area contributed by atoms with Crippen LogP contribution in [0.25, 0.3) is 11.0 Å². The predicted molar refractivity (Wildman–Crippen MR) is 145 cm³/mol. The molecule has 8 nitrogen and oxygen atoms in total. The summed E-state index contributed by atoms with van der Waals surface area (Å²) in [5.41, 5.74) is 0.629. The number of anilines is 1. The molecule has 200 valence electrons. The highest BCUT2D eigenvalue weighted by molar-refractivity contribution is 9.10. The topological polar surface area (TPSA) is 106 Å². The second-order valence-corrected chi connectivity index (χ2v) is 9.84. The Morgan fingerprint density at radius 1 is 1.13 bits per heavy atom. The van der Waals surface area contributed by atoms with Crippen molar-refractivity contribution in [2.24, 2.45) is 0 Å². The normalized spacial score (nSPS) is 14.5. The summed E-state index contributed by atoms with van der Waals surface area (Å²) < 4.78 is 30.8. The van der Waals surface area contributed by atoms with Crippen LogP contribution in [0.3, 0.4) is 0 Å². The number of esters is 1. The Morgan fingerprint density at radius 3 is 2.56 bits per heavy atom. The molecule has 0 radical (unpaired) electrons. The van der Waals surface area contributed by atoms with E-state index >= 15 is 0 Å². The molecule has 1 N–H and O–H groups in total. The number of phenolic OH excluding ortho intramolecular Hbond substituents is 1. The fourth-order valence-electron chi connectivity index (χ4n) is 4.58. The van der Waals surface area contributed by atoms with Crippen LogP contribution in [-0.2, 0) is 4.74 Å². The van der Waals surface area contributed by atoms with Crippen LogP contribution in [0.5, 0.6) is 11.5 Å². The molecule has 4 aromatic rings. The van der Waals surface area contributed by atoms with Gasteiger partial charge in [0.25, 0.3) is 5.91 Å². The van der Waals surface area contributed by atoms with Gasteiger partial charge in [0.05, 0.1) is 40.7 Å². The second-order valence-electron chi connectivity index (χ2n) is 8.98. The zero-order valence-electron chi connectivity index (χ0n) is 21.0. The van der Waals surface area contributed by atoms with Crippen LogP contribution in [0, 0.1) is 5.82 Å². The molecule has 2 heterocycles. The fraction of sp³-hybridized carbons (Fsp3) is 0.207. The van der Waals surface area contributed by atoms with Gasteiger partial charge in [0.1, 0.15) is 11.4 Å². The maximum Gasteiger partial charge on any atom is 0.338 e. The highest BCUT2D eigenvalue weighted by Crippen LogP contribution is 2.45. The molecule has 0 bridgehead atoms. The fourth-order valence-corrected chi connectivity index (χ4v) is 5.04. The minimum atomic E-state index is -1.01. The van der Waals surface area contributed by atoms with E-state index in [-0.39, 0.29) is 38.3 Å². The monoisotopic (exact) mass is 595 g/mol.